The fourth-order valence-electron chi connectivity index (χ4n) is 6.73. The number of hydrogen-bond acceptors (Lipinski definition) is 8. The van der Waals surface area contributed by atoms with Gasteiger partial charge >= 0.3 is 12.2 Å². The van der Waals surface area contributed by atoms with Gasteiger partial charge in [-0.1, -0.05) is 60.7 Å². The van der Waals surface area contributed by atoms with E-state index in [9.17, 15) is 14.4 Å². The summed E-state index contributed by atoms with van der Waals surface area (Å²) in [4.78, 5) is 46.1. The Labute approximate surface area is 273 Å². The van der Waals surface area contributed by atoms with Crippen LogP contribution in [0.2, 0.25) is 0 Å². The molecule has 2 aromatic carbocycles. The van der Waals surface area contributed by atoms with E-state index in [0.29, 0.717) is 26.3 Å². The number of carbonyl (C=O) groups is 3. The lowest BCUT2D eigenvalue weighted by Crippen LogP contribution is -2.56. The third kappa shape index (κ3) is 8.08. The van der Waals surface area contributed by atoms with Gasteiger partial charge in [0.2, 0.25) is 0 Å². The summed E-state index contributed by atoms with van der Waals surface area (Å²) in [6.07, 6.45) is -2.04. The quantitative estimate of drug-likeness (QED) is 0.280. The number of rotatable bonds is 11. The van der Waals surface area contributed by atoms with E-state index in [-0.39, 0.29) is 18.8 Å². The van der Waals surface area contributed by atoms with E-state index in [2.05, 4.69) is 4.90 Å². The van der Waals surface area contributed by atoms with Gasteiger partial charge in [-0.05, 0) is 73.4 Å². The summed E-state index contributed by atoms with van der Waals surface area (Å²) >= 11 is 0. The van der Waals surface area contributed by atoms with Crippen LogP contribution in [-0.2, 0) is 36.8 Å². The second-order valence-electron chi connectivity index (χ2n) is 14.5. The molecule has 4 rings (SSSR count). The van der Waals surface area contributed by atoms with E-state index in [0.717, 1.165) is 11.1 Å². The third-order valence-corrected chi connectivity index (χ3v) is 8.75. The van der Waals surface area contributed by atoms with Crippen LogP contribution in [0.5, 0.6) is 0 Å². The maximum absolute atomic E-state index is 13.9. The molecule has 2 atom stereocenters. The maximum atomic E-state index is 13.9. The van der Waals surface area contributed by atoms with Crippen LogP contribution in [-0.4, -0.2) is 87.2 Å². The number of carbonyl (C=O) groups excluding carboxylic acids is 3. The largest absolute Gasteiger partial charge is 0.449 e. The minimum absolute atomic E-state index is 0.00260. The average molecular weight is 638 g/mol. The van der Waals surface area contributed by atoms with E-state index in [1.54, 1.807) is 9.80 Å². The predicted molar refractivity (Wildman–Crippen MR) is 175 cm³/mol. The fourth-order valence-corrected chi connectivity index (χ4v) is 6.73. The summed E-state index contributed by atoms with van der Waals surface area (Å²) in [6, 6.07) is 19.2. The van der Waals surface area contributed by atoms with Crippen LogP contribution in [0.4, 0.5) is 9.59 Å². The van der Waals surface area contributed by atoms with Gasteiger partial charge in [0.15, 0.2) is 11.9 Å². The van der Waals surface area contributed by atoms with Crippen LogP contribution in [0.3, 0.4) is 0 Å². The summed E-state index contributed by atoms with van der Waals surface area (Å²) in [5.74, 6) is -0.304. The molecule has 0 aliphatic carbocycles. The fraction of sp³-hybridized carbons (Fsp3) is 0.583. The lowest BCUT2D eigenvalue weighted by atomic mass is 10.00. The van der Waals surface area contributed by atoms with Gasteiger partial charge in [0.25, 0.3) is 0 Å². The summed E-state index contributed by atoms with van der Waals surface area (Å²) in [6.45, 7) is 18.1. The minimum atomic E-state index is -1.14. The monoisotopic (exact) mass is 637 g/mol. The molecule has 0 N–H and O–H groups in total. The Balaban J connectivity index is 1.66. The predicted octanol–water partition coefficient (Wildman–Crippen LogP) is 6.37. The zero-order chi connectivity index (χ0) is 33.9. The molecule has 0 aromatic heterocycles. The van der Waals surface area contributed by atoms with Gasteiger partial charge in [-0.3, -0.25) is 19.5 Å². The van der Waals surface area contributed by atoms with Crippen LogP contribution in [0, 0.1) is 0 Å². The Morgan fingerprint density at radius 1 is 0.739 bits per heavy atom. The number of nitrogens with zero attached hydrogens (tertiary/aromatic N) is 3. The van der Waals surface area contributed by atoms with Gasteiger partial charge in [-0.15, -0.1) is 0 Å². The van der Waals surface area contributed by atoms with Gasteiger partial charge in [0.1, 0.15) is 11.4 Å². The Kier molecular flexibility index (Phi) is 10.5. The van der Waals surface area contributed by atoms with Gasteiger partial charge in [0, 0.05) is 19.5 Å². The second-order valence-corrected chi connectivity index (χ2v) is 14.5. The Morgan fingerprint density at radius 2 is 1.17 bits per heavy atom. The van der Waals surface area contributed by atoms with Crippen molar-refractivity contribution in [3.8, 4) is 0 Å². The number of benzene rings is 2. The van der Waals surface area contributed by atoms with E-state index in [4.69, 9.17) is 18.9 Å². The molecule has 2 saturated heterocycles. The number of ether oxygens (including phenoxy) is 4. The van der Waals surface area contributed by atoms with E-state index < -0.39 is 46.9 Å². The number of Topliss-reactive ketones (excluding diaryl/α,β-unsaturated/α-hetero) is 1. The van der Waals surface area contributed by atoms with Crippen LogP contribution >= 0.6 is 0 Å². The third-order valence-electron chi connectivity index (χ3n) is 8.75. The smallest absolute Gasteiger partial charge is 0.413 e. The van der Waals surface area contributed by atoms with Crippen LogP contribution < -0.4 is 0 Å². The zero-order valence-corrected chi connectivity index (χ0v) is 28.9. The Morgan fingerprint density at radius 3 is 1.57 bits per heavy atom. The molecule has 2 heterocycles. The number of hydrogen-bond donors (Lipinski definition) is 0. The Hall–Kier alpha value is -3.47. The maximum Gasteiger partial charge on any atom is 0.413 e. The van der Waals surface area contributed by atoms with Crippen molar-refractivity contribution in [2.24, 2.45) is 0 Å². The van der Waals surface area contributed by atoms with Crippen molar-refractivity contribution in [1.29, 1.82) is 0 Å². The average Bonchev–Trinajstić information content (AvgIpc) is 3.34. The first-order chi connectivity index (χ1) is 21.4. The molecule has 2 aliphatic heterocycles. The normalized spacial score (nSPS) is 20.7. The molecular formula is C36H51N3O7. The van der Waals surface area contributed by atoms with Crippen LogP contribution in [0.15, 0.2) is 60.7 Å². The molecule has 0 spiro atoms. The molecule has 0 saturated carbocycles. The molecule has 46 heavy (non-hydrogen) atoms. The highest BCUT2D eigenvalue weighted by Crippen LogP contribution is 2.37. The van der Waals surface area contributed by atoms with Crippen molar-refractivity contribution in [2.75, 3.05) is 19.8 Å². The molecule has 2 aliphatic rings. The molecule has 252 valence electrons. The van der Waals surface area contributed by atoms with Gasteiger partial charge in [-0.25, -0.2) is 9.59 Å². The summed E-state index contributed by atoms with van der Waals surface area (Å²) in [7, 11) is 0. The minimum Gasteiger partial charge on any atom is -0.449 e. The van der Waals surface area contributed by atoms with E-state index in [1.165, 1.54) is 6.92 Å². The number of ketones is 1. The van der Waals surface area contributed by atoms with Gasteiger partial charge in [0.05, 0.1) is 36.9 Å². The molecule has 0 radical (unpaired) electrons. The first-order valence-corrected chi connectivity index (χ1v) is 16.0. The van der Waals surface area contributed by atoms with Crippen molar-refractivity contribution >= 4 is 18.0 Å². The summed E-state index contributed by atoms with van der Waals surface area (Å²) in [5, 5.41) is 0. The molecule has 2 amide bonds. The van der Waals surface area contributed by atoms with Crippen molar-refractivity contribution in [3.05, 3.63) is 71.8 Å². The molecule has 10 nitrogen and oxygen atoms in total. The van der Waals surface area contributed by atoms with Crippen LogP contribution in [0.25, 0.3) is 0 Å². The summed E-state index contributed by atoms with van der Waals surface area (Å²) < 4.78 is 23.8. The first-order valence-electron chi connectivity index (χ1n) is 16.0. The van der Waals surface area contributed by atoms with E-state index >= 15 is 0 Å². The van der Waals surface area contributed by atoms with Crippen molar-refractivity contribution in [2.45, 2.75) is 116 Å². The van der Waals surface area contributed by atoms with Gasteiger partial charge < -0.3 is 18.9 Å². The molecular weight excluding hydrogens is 586 g/mol. The Bertz CT molecular complexity index is 1290. The molecule has 2 fully saturated rings. The standard InChI is InChI=1S/C36H51N3O7/c1-26(40)30(46-32(42)39-34(4,5)25-45-36(39,8)9)29(20-21-43-31(41)38-33(2,3)24-44-35(38,6)7)37(22-27-16-12-10-13-17-27)23-28-18-14-11-15-19-28/h10-19,29-30H,20-25H2,1-9H3/t29-,30-/m0/s1. The van der Waals surface area contributed by atoms with Crippen molar-refractivity contribution in [3.63, 3.8) is 0 Å². The molecule has 0 bridgehead atoms. The highest BCUT2D eigenvalue weighted by molar-refractivity contribution is 5.84. The van der Waals surface area contributed by atoms with Crippen molar-refractivity contribution in [1.82, 2.24) is 14.7 Å². The highest BCUT2D eigenvalue weighted by Gasteiger charge is 2.52. The SMILES string of the molecule is CC(=O)[C@H](OC(=O)N1C(C)(C)COC1(C)C)[C@H](CCOC(=O)N1C(C)(C)COC1(C)C)N(Cc1ccccc1)Cc1ccccc1. The first kappa shape index (κ1) is 35.4. The highest BCUT2D eigenvalue weighted by atomic mass is 16.6. The number of amides is 2. The lowest BCUT2D eigenvalue weighted by molar-refractivity contribution is -0.133. The molecule has 2 aromatic rings. The molecule has 0 unspecified atom stereocenters. The summed E-state index contributed by atoms with van der Waals surface area (Å²) in [5.41, 5.74) is -0.886. The molecule has 10 heteroatoms. The van der Waals surface area contributed by atoms with E-state index in [1.807, 2.05) is 116 Å². The van der Waals surface area contributed by atoms with Gasteiger partial charge in [-0.2, -0.15) is 0 Å². The zero-order valence-electron chi connectivity index (χ0n) is 28.9. The lowest BCUT2D eigenvalue weighted by Gasteiger charge is -2.40. The van der Waals surface area contributed by atoms with Crippen molar-refractivity contribution < 1.29 is 33.3 Å². The van der Waals surface area contributed by atoms with Crippen LogP contribution in [0.1, 0.15) is 79.9 Å². The topological polar surface area (TPSA) is 97.9 Å². The second kappa shape index (κ2) is 13.7.